The van der Waals surface area contributed by atoms with Crippen molar-refractivity contribution in [1.29, 1.82) is 0 Å². The van der Waals surface area contributed by atoms with E-state index in [0.29, 0.717) is 0 Å². The molecule has 0 saturated heterocycles. The van der Waals surface area contributed by atoms with Crippen LogP contribution in [0.4, 0.5) is 0 Å². The summed E-state index contributed by atoms with van der Waals surface area (Å²) in [6.45, 7) is 2.10. The average molecular weight is 399 g/mol. The maximum absolute atomic E-state index is 6.04. The normalized spacial score (nSPS) is 11.0. The van der Waals surface area contributed by atoms with Crippen molar-refractivity contribution in [3.05, 3.63) is 75.7 Å². The largest absolute Gasteiger partial charge is 0.270 e. The van der Waals surface area contributed by atoms with Crippen LogP contribution in [0.3, 0.4) is 0 Å². The zero-order valence-corrected chi connectivity index (χ0v) is 16.4. The Bertz CT molecular complexity index is 1030. The van der Waals surface area contributed by atoms with Gasteiger partial charge in [0.25, 0.3) is 0 Å². The van der Waals surface area contributed by atoms with E-state index < -0.39 is 0 Å². The Morgan fingerprint density at radius 3 is 2.58 bits per heavy atom. The first kappa shape index (κ1) is 17.3. The van der Waals surface area contributed by atoms with Crippen LogP contribution >= 0.6 is 34.7 Å². The van der Waals surface area contributed by atoms with Crippen molar-refractivity contribution in [3.63, 3.8) is 0 Å². The molecule has 4 rings (SSSR count). The van der Waals surface area contributed by atoms with Gasteiger partial charge in [-0.15, -0.1) is 21.5 Å². The number of halogens is 1. The van der Waals surface area contributed by atoms with Gasteiger partial charge in [-0.25, -0.2) is 0 Å². The van der Waals surface area contributed by atoms with E-state index in [4.69, 9.17) is 11.6 Å². The minimum atomic E-state index is 0.803. The Morgan fingerprint density at radius 1 is 1.04 bits per heavy atom. The summed E-state index contributed by atoms with van der Waals surface area (Å²) in [5.74, 6) is 1.62. The molecule has 0 radical (unpaired) electrons. The molecule has 0 fully saturated rings. The molecule has 0 amide bonds. The summed E-state index contributed by atoms with van der Waals surface area (Å²) in [4.78, 5) is 5.31. The Labute approximate surface area is 164 Å². The Kier molecular flexibility index (Phi) is 5.06. The van der Waals surface area contributed by atoms with Crippen molar-refractivity contribution in [2.24, 2.45) is 0 Å². The fourth-order valence-electron chi connectivity index (χ4n) is 2.65. The van der Waals surface area contributed by atoms with Gasteiger partial charge in [0.05, 0.1) is 10.0 Å². The van der Waals surface area contributed by atoms with Crippen LogP contribution in [0.5, 0.6) is 0 Å². The second-order valence-corrected chi connectivity index (χ2v) is 8.40. The van der Waals surface area contributed by atoms with Gasteiger partial charge in [0.2, 0.25) is 0 Å². The molecule has 0 N–H and O–H groups in total. The van der Waals surface area contributed by atoms with Gasteiger partial charge in [-0.2, -0.15) is 0 Å². The second-order valence-electron chi connectivity index (χ2n) is 5.66. The van der Waals surface area contributed by atoms with Crippen LogP contribution in [-0.2, 0) is 5.75 Å². The lowest BCUT2D eigenvalue weighted by atomic mass is 10.2. The van der Waals surface area contributed by atoms with Crippen molar-refractivity contribution >= 4 is 34.7 Å². The molecule has 4 nitrogen and oxygen atoms in total. The van der Waals surface area contributed by atoms with Crippen LogP contribution in [0.1, 0.15) is 10.4 Å². The van der Waals surface area contributed by atoms with E-state index in [1.54, 1.807) is 35.5 Å². The van der Waals surface area contributed by atoms with E-state index in [1.807, 2.05) is 30.3 Å². The molecule has 3 aromatic heterocycles. The molecule has 0 saturated carbocycles. The smallest absolute Gasteiger partial charge is 0.196 e. The third-order valence-corrected chi connectivity index (χ3v) is 6.29. The number of hydrogen-bond donors (Lipinski definition) is 0. The number of thioether (sulfide) groups is 1. The average Bonchev–Trinajstić information content (AvgIpc) is 3.27. The van der Waals surface area contributed by atoms with Crippen LogP contribution in [0, 0.1) is 6.92 Å². The van der Waals surface area contributed by atoms with E-state index in [2.05, 4.69) is 44.9 Å². The van der Waals surface area contributed by atoms with E-state index >= 15 is 0 Å². The predicted octanol–water partition coefficient (Wildman–Crippen LogP) is 5.64. The van der Waals surface area contributed by atoms with Gasteiger partial charge in [-0.3, -0.25) is 9.55 Å². The predicted molar refractivity (Wildman–Crippen MR) is 108 cm³/mol. The molecule has 0 bridgehead atoms. The number of aromatic nitrogens is 4. The molecule has 0 aliphatic carbocycles. The highest BCUT2D eigenvalue weighted by Gasteiger charge is 2.17. The van der Waals surface area contributed by atoms with Gasteiger partial charge in [0, 0.05) is 28.6 Å². The summed E-state index contributed by atoms with van der Waals surface area (Å²) < 4.78 is 2.92. The zero-order chi connectivity index (χ0) is 17.9. The molecule has 0 spiro atoms. The van der Waals surface area contributed by atoms with Gasteiger partial charge in [0.15, 0.2) is 11.0 Å². The number of rotatable bonds is 5. The van der Waals surface area contributed by atoms with Crippen molar-refractivity contribution in [1.82, 2.24) is 19.7 Å². The van der Waals surface area contributed by atoms with Gasteiger partial charge in [-0.1, -0.05) is 41.6 Å². The summed E-state index contributed by atoms with van der Waals surface area (Å²) in [7, 11) is 0. The van der Waals surface area contributed by atoms with E-state index in [-0.39, 0.29) is 0 Å². The molecule has 0 aliphatic heterocycles. The van der Waals surface area contributed by atoms with Gasteiger partial charge in [-0.05, 0) is 42.8 Å². The number of hydrogen-bond acceptors (Lipinski definition) is 5. The number of aryl methyl sites for hydroxylation is 1. The fourth-order valence-corrected chi connectivity index (χ4v) is 4.72. The van der Waals surface area contributed by atoms with Gasteiger partial charge in [0.1, 0.15) is 0 Å². The number of pyridine rings is 1. The molecular formula is C19H15ClN4S2. The van der Waals surface area contributed by atoms with Crippen LogP contribution in [0.25, 0.3) is 17.1 Å². The van der Waals surface area contributed by atoms with E-state index in [0.717, 1.165) is 32.3 Å². The SMILES string of the molecule is Cc1ccccc1-n1c(SCc2ccc(Cl)s2)nnc1-c1ccncc1. The molecule has 0 atom stereocenters. The molecule has 1 aromatic carbocycles. The lowest BCUT2D eigenvalue weighted by Crippen LogP contribution is -2.01. The number of benzene rings is 1. The molecule has 130 valence electrons. The summed E-state index contributed by atoms with van der Waals surface area (Å²) in [6.07, 6.45) is 3.54. The van der Waals surface area contributed by atoms with Crippen LogP contribution in [-0.4, -0.2) is 19.7 Å². The number of thiophene rings is 1. The zero-order valence-electron chi connectivity index (χ0n) is 14.0. The number of nitrogens with zero attached hydrogens (tertiary/aromatic N) is 4. The highest BCUT2D eigenvalue weighted by atomic mass is 35.5. The van der Waals surface area contributed by atoms with Crippen molar-refractivity contribution in [3.8, 4) is 17.1 Å². The topological polar surface area (TPSA) is 43.6 Å². The summed E-state index contributed by atoms with van der Waals surface area (Å²) >= 11 is 9.30. The first-order chi connectivity index (χ1) is 12.7. The summed E-state index contributed by atoms with van der Waals surface area (Å²) in [5.41, 5.74) is 3.24. The van der Waals surface area contributed by atoms with Gasteiger partial charge < -0.3 is 0 Å². The molecular weight excluding hydrogens is 384 g/mol. The Balaban J connectivity index is 1.77. The molecule has 26 heavy (non-hydrogen) atoms. The second kappa shape index (κ2) is 7.61. The summed E-state index contributed by atoms with van der Waals surface area (Å²) in [5, 5.41) is 9.78. The molecule has 4 aromatic rings. The van der Waals surface area contributed by atoms with Crippen LogP contribution in [0.2, 0.25) is 4.34 Å². The third kappa shape index (κ3) is 3.53. The van der Waals surface area contributed by atoms with Crippen LogP contribution < -0.4 is 0 Å². The van der Waals surface area contributed by atoms with Crippen LogP contribution in [0.15, 0.2) is 66.1 Å². The van der Waals surface area contributed by atoms with Crippen molar-refractivity contribution in [2.75, 3.05) is 0 Å². The highest BCUT2D eigenvalue weighted by molar-refractivity contribution is 7.98. The molecule has 0 aliphatic rings. The molecule has 3 heterocycles. The standard InChI is InChI=1S/C19H15ClN4S2/c1-13-4-2-3-5-16(13)24-18(14-8-10-21-11-9-14)22-23-19(24)25-12-15-6-7-17(20)26-15/h2-11H,12H2,1H3. The first-order valence-corrected chi connectivity index (χ1v) is 10.2. The third-order valence-electron chi connectivity index (χ3n) is 3.90. The van der Waals surface area contributed by atoms with E-state index in [9.17, 15) is 0 Å². The Hall–Kier alpha value is -2.15. The lowest BCUT2D eigenvalue weighted by Gasteiger charge is -2.12. The monoisotopic (exact) mass is 398 g/mol. The molecule has 0 unspecified atom stereocenters. The number of para-hydroxylation sites is 1. The maximum atomic E-state index is 6.04. The molecule has 7 heteroatoms. The highest BCUT2D eigenvalue weighted by Crippen LogP contribution is 2.32. The van der Waals surface area contributed by atoms with Crippen molar-refractivity contribution < 1.29 is 0 Å². The van der Waals surface area contributed by atoms with Crippen molar-refractivity contribution in [2.45, 2.75) is 17.8 Å². The minimum Gasteiger partial charge on any atom is -0.270 e. The summed E-state index contributed by atoms with van der Waals surface area (Å²) in [6, 6.07) is 16.1. The Morgan fingerprint density at radius 2 is 1.85 bits per heavy atom. The quantitative estimate of drug-likeness (QED) is 0.408. The van der Waals surface area contributed by atoms with Gasteiger partial charge >= 0.3 is 0 Å². The fraction of sp³-hybridized carbons (Fsp3) is 0.105. The maximum Gasteiger partial charge on any atom is 0.196 e. The van der Waals surface area contributed by atoms with E-state index in [1.165, 1.54) is 10.4 Å². The lowest BCUT2D eigenvalue weighted by molar-refractivity contribution is 0.880. The first-order valence-electron chi connectivity index (χ1n) is 8.01. The minimum absolute atomic E-state index is 0.803.